The highest BCUT2D eigenvalue weighted by Crippen LogP contribution is 2.18. The second-order valence-electron chi connectivity index (χ2n) is 3.14. The van der Waals surface area contributed by atoms with Crippen LogP contribution >= 0.6 is 45.2 Å². The Morgan fingerprint density at radius 2 is 0.933 bits per heavy atom. The molecular formula is C12H9I2N. The standard InChI is InChI=1S/C12H9I2N/c13-9-1-5-11(6-2-9)15-12-7-3-10(14)4-8-12/h1-8,15H. The van der Waals surface area contributed by atoms with Crippen LogP contribution in [0.15, 0.2) is 48.5 Å². The molecule has 0 amide bonds. The molecule has 3 heteroatoms. The van der Waals surface area contributed by atoms with Gasteiger partial charge in [0.05, 0.1) is 0 Å². The zero-order valence-corrected chi connectivity index (χ0v) is 12.2. The van der Waals surface area contributed by atoms with Crippen molar-refractivity contribution < 1.29 is 0 Å². The molecule has 0 radical (unpaired) electrons. The van der Waals surface area contributed by atoms with Gasteiger partial charge in [0.25, 0.3) is 0 Å². The van der Waals surface area contributed by atoms with Crippen molar-refractivity contribution in [3.63, 3.8) is 0 Å². The molecule has 0 saturated heterocycles. The average Bonchev–Trinajstić information content (AvgIpc) is 2.25. The Hall–Kier alpha value is -0.300. The first kappa shape index (κ1) is 11.2. The molecule has 0 bridgehead atoms. The van der Waals surface area contributed by atoms with Crippen molar-refractivity contribution in [2.75, 3.05) is 5.32 Å². The van der Waals surface area contributed by atoms with Gasteiger partial charge in [0.2, 0.25) is 0 Å². The number of hydrogen-bond acceptors (Lipinski definition) is 1. The molecule has 2 aromatic rings. The van der Waals surface area contributed by atoms with Crippen LogP contribution in [-0.2, 0) is 0 Å². The largest absolute Gasteiger partial charge is 0.356 e. The van der Waals surface area contributed by atoms with Gasteiger partial charge in [-0.25, -0.2) is 0 Å². The van der Waals surface area contributed by atoms with Crippen LogP contribution in [-0.4, -0.2) is 0 Å². The minimum atomic E-state index is 1.12. The molecule has 0 aliphatic carbocycles. The molecule has 0 spiro atoms. The van der Waals surface area contributed by atoms with E-state index >= 15 is 0 Å². The van der Waals surface area contributed by atoms with Crippen LogP contribution in [0.4, 0.5) is 11.4 Å². The van der Waals surface area contributed by atoms with Crippen LogP contribution in [0.2, 0.25) is 0 Å². The van der Waals surface area contributed by atoms with E-state index in [1.165, 1.54) is 7.14 Å². The van der Waals surface area contributed by atoms with E-state index in [4.69, 9.17) is 0 Å². The normalized spacial score (nSPS) is 10.0. The Bertz CT molecular complexity index is 391. The second kappa shape index (κ2) is 5.16. The summed E-state index contributed by atoms with van der Waals surface area (Å²) in [4.78, 5) is 0. The predicted octanol–water partition coefficient (Wildman–Crippen LogP) is 4.64. The highest BCUT2D eigenvalue weighted by molar-refractivity contribution is 14.1. The van der Waals surface area contributed by atoms with Gasteiger partial charge >= 0.3 is 0 Å². The quantitative estimate of drug-likeness (QED) is 0.698. The Kier molecular flexibility index (Phi) is 3.85. The minimum Gasteiger partial charge on any atom is -0.356 e. The van der Waals surface area contributed by atoms with E-state index in [0.717, 1.165) is 11.4 Å². The highest BCUT2D eigenvalue weighted by atomic mass is 127. The summed E-state index contributed by atoms with van der Waals surface area (Å²) < 4.78 is 2.50. The molecule has 1 N–H and O–H groups in total. The van der Waals surface area contributed by atoms with Crippen LogP contribution in [0, 0.1) is 7.14 Å². The lowest BCUT2D eigenvalue weighted by Gasteiger charge is -2.06. The number of hydrogen-bond donors (Lipinski definition) is 1. The van der Waals surface area contributed by atoms with Gasteiger partial charge in [-0.15, -0.1) is 0 Å². The molecule has 0 unspecified atom stereocenters. The predicted molar refractivity (Wildman–Crippen MR) is 81.6 cm³/mol. The van der Waals surface area contributed by atoms with E-state index in [9.17, 15) is 0 Å². The van der Waals surface area contributed by atoms with Crippen molar-refractivity contribution >= 4 is 56.6 Å². The van der Waals surface area contributed by atoms with Gasteiger partial charge in [0.15, 0.2) is 0 Å². The number of halogens is 2. The molecule has 0 saturated carbocycles. The average molecular weight is 421 g/mol. The zero-order chi connectivity index (χ0) is 10.7. The number of anilines is 2. The molecule has 0 aliphatic heterocycles. The first-order chi connectivity index (χ1) is 7.24. The summed E-state index contributed by atoms with van der Waals surface area (Å²) in [7, 11) is 0. The third-order valence-corrected chi connectivity index (χ3v) is 3.42. The van der Waals surface area contributed by atoms with Gasteiger partial charge in [-0.2, -0.15) is 0 Å². The van der Waals surface area contributed by atoms with Crippen molar-refractivity contribution in [3.8, 4) is 0 Å². The fourth-order valence-corrected chi connectivity index (χ4v) is 1.95. The summed E-state index contributed by atoms with van der Waals surface area (Å²) in [5.74, 6) is 0. The lowest BCUT2D eigenvalue weighted by molar-refractivity contribution is 1.52. The molecule has 15 heavy (non-hydrogen) atoms. The maximum atomic E-state index is 3.35. The first-order valence-electron chi connectivity index (χ1n) is 4.52. The van der Waals surface area contributed by atoms with Crippen LogP contribution in [0.3, 0.4) is 0 Å². The lowest BCUT2D eigenvalue weighted by atomic mass is 10.3. The first-order valence-corrected chi connectivity index (χ1v) is 6.68. The van der Waals surface area contributed by atoms with E-state index in [-0.39, 0.29) is 0 Å². The molecule has 0 atom stereocenters. The SMILES string of the molecule is Ic1ccc(Nc2ccc(I)cc2)cc1. The Morgan fingerprint density at radius 1 is 0.600 bits per heavy atom. The molecule has 1 nitrogen and oxygen atoms in total. The number of benzene rings is 2. The molecule has 2 rings (SSSR count). The Balaban J connectivity index is 2.15. The lowest BCUT2D eigenvalue weighted by Crippen LogP contribution is -1.89. The monoisotopic (exact) mass is 421 g/mol. The molecule has 0 aromatic heterocycles. The number of nitrogens with one attached hydrogen (secondary N) is 1. The summed E-state index contributed by atoms with van der Waals surface area (Å²) in [5.41, 5.74) is 2.24. The van der Waals surface area contributed by atoms with Crippen LogP contribution in [0.25, 0.3) is 0 Å². The summed E-state index contributed by atoms with van der Waals surface area (Å²) in [5, 5.41) is 3.35. The summed E-state index contributed by atoms with van der Waals surface area (Å²) in [6, 6.07) is 16.7. The summed E-state index contributed by atoms with van der Waals surface area (Å²) in [6.45, 7) is 0. The molecule has 2 aromatic carbocycles. The van der Waals surface area contributed by atoms with Gasteiger partial charge < -0.3 is 5.32 Å². The number of rotatable bonds is 2. The zero-order valence-electron chi connectivity index (χ0n) is 7.87. The van der Waals surface area contributed by atoms with Gasteiger partial charge in [0, 0.05) is 18.5 Å². The van der Waals surface area contributed by atoms with E-state index in [1.807, 2.05) is 0 Å². The molecule has 0 fully saturated rings. The second-order valence-corrected chi connectivity index (χ2v) is 5.63. The van der Waals surface area contributed by atoms with Crippen LogP contribution in [0.1, 0.15) is 0 Å². The molecule has 0 heterocycles. The van der Waals surface area contributed by atoms with Crippen LogP contribution < -0.4 is 5.32 Å². The van der Waals surface area contributed by atoms with Gasteiger partial charge in [0.1, 0.15) is 0 Å². The molecular weight excluding hydrogens is 412 g/mol. The Labute approximate surface area is 117 Å². The van der Waals surface area contributed by atoms with Crippen molar-refractivity contribution in [1.29, 1.82) is 0 Å². The highest BCUT2D eigenvalue weighted by Gasteiger charge is 1.94. The summed E-state index contributed by atoms with van der Waals surface area (Å²) >= 11 is 4.61. The fourth-order valence-electron chi connectivity index (χ4n) is 1.23. The van der Waals surface area contributed by atoms with Crippen molar-refractivity contribution in [3.05, 3.63) is 55.7 Å². The van der Waals surface area contributed by atoms with Gasteiger partial charge in [-0.3, -0.25) is 0 Å². The van der Waals surface area contributed by atoms with Crippen molar-refractivity contribution in [1.82, 2.24) is 0 Å². The van der Waals surface area contributed by atoms with Crippen molar-refractivity contribution in [2.45, 2.75) is 0 Å². The summed E-state index contributed by atoms with van der Waals surface area (Å²) in [6.07, 6.45) is 0. The Morgan fingerprint density at radius 3 is 1.27 bits per heavy atom. The van der Waals surface area contributed by atoms with Gasteiger partial charge in [-0.05, 0) is 93.7 Å². The maximum absolute atomic E-state index is 3.35. The van der Waals surface area contributed by atoms with Gasteiger partial charge in [-0.1, -0.05) is 0 Å². The minimum absolute atomic E-state index is 1.12. The van der Waals surface area contributed by atoms with E-state index in [0.29, 0.717) is 0 Å². The van der Waals surface area contributed by atoms with E-state index in [1.54, 1.807) is 0 Å². The van der Waals surface area contributed by atoms with E-state index in [2.05, 4.69) is 99.0 Å². The van der Waals surface area contributed by atoms with Crippen molar-refractivity contribution in [2.24, 2.45) is 0 Å². The molecule has 76 valence electrons. The third kappa shape index (κ3) is 3.34. The van der Waals surface area contributed by atoms with E-state index < -0.39 is 0 Å². The topological polar surface area (TPSA) is 12.0 Å². The third-order valence-electron chi connectivity index (χ3n) is 1.98. The maximum Gasteiger partial charge on any atom is 0.0384 e. The molecule has 0 aliphatic rings. The fraction of sp³-hybridized carbons (Fsp3) is 0. The van der Waals surface area contributed by atoms with Crippen LogP contribution in [0.5, 0.6) is 0 Å². The smallest absolute Gasteiger partial charge is 0.0384 e.